The molecule has 1 N–H and O–H groups in total. The summed E-state index contributed by atoms with van der Waals surface area (Å²) in [6, 6.07) is 10.4. The Balaban J connectivity index is 1.31. The predicted octanol–water partition coefficient (Wildman–Crippen LogP) is 4.66. The van der Waals surface area contributed by atoms with Crippen molar-refractivity contribution in [1.82, 2.24) is 14.8 Å². The van der Waals surface area contributed by atoms with Crippen LogP contribution in [-0.4, -0.2) is 41.6 Å². The fraction of sp³-hybridized carbons (Fsp3) is 0.560. The third-order valence-electron chi connectivity index (χ3n) is 6.51. The van der Waals surface area contributed by atoms with Crippen molar-refractivity contribution in [2.45, 2.75) is 64.7 Å². The summed E-state index contributed by atoms with van der Waals surface area (Å²) in [6.07, 6.45) is 11.3. The minimum Gasteiger partial charge on any atom is -0.352 e. The third kappa shape index (κ3) is 4.92. The van der Waals surface area contributed by atoms with Crippen molar-refractivity contribution >= 4 is 5.91 Å². The maximum Gasteiger partial charge on any atom is 0.251 e. The molecule has 1 saturated heterocycles. The van der Waals surface area contributed by atoms with Crippen LogP contribution in [0.25, 0.3) is 5.69 Å². The highest BCUT2D eigenvalue weighted by atomic mass is 16.1. The van der Waals surface area contributed by atoms with Crippen LogP contribution in [0.2, 0.25) is 0 Å². The lowest BCUT2D eigenvalue weighted by Gasteiger charge is -2.19. The molecular weight excluding hydrogens is 358 g/mol. The molecule has 0 radical (unpaired) electrons. The standard InChI is InChI=1S/C25H35N3O/c1-20-19-22-9-4-5-10-24(22)28(20)23-13-11-21(12-14-23)25(29)26-15-8-18-27-16-6-2-3-7-17-27/h11-14,19H,2-10,15-18H2,1H3,(H,26,29). The first-order chi connectivity index (χ1) is 14.2. The van der Waals surface area contributed by atoms with Crippen LogP contribution in [0.1, 0.15) is 72.3 Å². The lowest BCUT2D eigenvalue weighted by atomic mass is 9.98. The summed E-state index contributed by atoms with van der Waals surface area (Å²) in [5.41, 5.74) is 6.17. The van der Waals surface area contributed by atoms with E-state index in [0.717, 1.165) is 31.5 Å². The van der Waals surface area contributed by atoms with Gasteiger partial charge in [-0.05, 0) is 107 Å². The molecule has 0 spiro atoms. The molecular formula is C25H35N3O. The average Bonchev–Trinajstić information content (AvgIpc) is 2.90. The van der Waals surface area contributed by atoms with E-state index in [0.29, 0.717) is 0 Å². The van der Waals surface area contributed by atoms with Crippen molar-refractivity contribution in [1.29, 1.82) is 0 Å². The summed E-state index contributed by atoms with van der Waals surface area (Å²) in [6.45, 7) is 6.47. The van der Waals surface area contributed by atoms with E-state index in [-0.39, 0.29) is 5.91 Å². The highest BCUT2D eigenvalue weighted by molar-refractivity contribution is 5.94. The van der Waals surface area contributed by atoms with E-state index in [2.05, 4.69) is 39.9 Å². The molecule has 1 amide bonds. The second-order valence-electron chi connectivity index (χ2n) is 8.71. The Labute approximate surface area is 175 Å². The molecule has 1 aromatic carbocycles. The van der Waals surface area contributed by atoms with E-state index in [1.807, 2.05) is 12.1 Å². The van der Waals surface area contributed by atoms with Crippen molar-refractivity contribution < 1.29 is 4.79 Å². The Morgan fingerprint density at radius 2 is 1.69 bits per heavy atom. The number of rotatable bonds is 6. The predicted molar refractivity (Wildman–Crippen MR) is 119 cm³/mol. The average molecular weight is 394 g/mol. The van der Waals surface area contributed by atoms with E-state index in [1.165, 1.54) is 80.7 Å². The monoisotopic (exact) mass is 393 g/mol. The molecule has 156 valence electrons. The van der Waals surface area contributed by atoms with Crippen LogP contribution in [-0.2, 0) is 12.8 Å². The number of nitrogens with zero attached hydrogens (tertiary/aromatic N) is 2. The van der Waals surface area contributed by atoms with Gasteiger partial charge in [0, 0.05) is 29.2 Å². The van der Waals surface area contributed by atoms with Crippen LogP contribution in [0.15, 0.2) is 30.3 Å². The van der Waals surface area contributed by atoms with Gasteiger partial charge in [-0.15, -0.1) is 0 Å². The van der Waals surface area contributed by atoms with Gasteiger partial charge < -0.3 is 14.8 Å². The molecule has 2 heterocycles. The number of carbonyl (C=O) groups excluding carboxylic acids is 1. The van der Waals surface area contributed by atoms with Gasteiger partial charge in [0.25, 0.3) is 5.91 Å². The minimum atomic E-state index is 0.0404. The summed E-state index contributed by atoms with van der Waals surface area (Å²) in [7, 11) is 0. The quantitative estimate of drug-likeness (QED) is 0.725. The van der Waals surface area contributed by atoms with Crippen molar-refractivity contribution in [2.75, 3.05) is 26.2 Å². The molecule has 1 aromatic heterocycles. The fourth-order valence-electron chi connectivity index (χ4n) is 4.94. The van der Waals surface area contributed by atoms with E-state index in [1.54, 1.807) is 0 Å². The van der Waals surface area contributed by atoms with Gasteiger partial charge in [-0.3, -0.25) is 4.79 Å². The van der Waals surface area contributed by atoms with Crippen molar-refractivity contribution in [3.63, 3.8) is 0 Å². The van der Waals surface area contributed by atoms with Gasteiger partial charge >= 0.3 is 0 Å². The van der Waals surface area contributed by atoms with Crippen LogP contribution in [0, 0.1) is 6.92 Å². The van der Waals surface area contributed by atoms with Crippen LogP contribution >= 0.6 is 0 Å². The molecule has 1 aliphatic heterocycles. The van der Waals surface area contributed by atoms with Crippen LogP contribution in [0.3, 0.4) is 0 Å². The summed E-state index contributed by atoms with van der Waals surface area (Å²) < 4.78 is 2.37. The maximum atomic E-state index is 12.5. The van der Waals surface area contributed by atoms with Gasteiger partial charge in [0.1, 0.15) is 0 Å². The zero-order chi connectivity index (χ0) is 20.1. The highest BCUT2D eigenvalue weighted by Gasteiger charge is 2.17. The Hall–Kier alpha value is -2.07. The Bertz CT molecular complexity index is 813. The molecule has 4 nitrogen and oxygen atoms in total. The molecule has 2 aromatic rings. The second-order valence-corrected chi connectivity index (χ2v) is 8.71. The number of aromatic nitrogens is 1. The van der Waals surface area contributed by atoms with E-state index in [4.69, 9.17) is 0 Å². The first-order valence-corrected chi connectivity index (χ1v) is 11.5. The number of amides is 1. The fourth-order valence-corrected chi connectivity index (χ4v) is 4.94. The van der Waals surface area contributed by atoms with Gasteiger partial charge in [0.2, 0.25) is 0 Å². The molecule has 29 heavy (non-hydrogen) atoms. The summed E-state index contributed by atoms with van der Waals surface area (Å²) in [5, 5.41) is 3.10. The van der Waals surface area contributed by atoms with Gasteiger partial charge in [0.05, 0.1) is 0 Å². The Kier molecular flexibility index (Phi) is 6.70. The van der Waals surface area contributed by atoms with Gasteiger partial charge in [-0.1, -0.05) is 12.8 Å². The van der Waals surface area contributed by atoms with E-state index < -0.39 is 0 Å². The molecule has 4 heteroatoms. The Morgan fingerprint density at radius 1 is 0.966 bits per heavy atom. The number of benzene rings is 1. The number of aryl methyl sites for hydroxylation is 2. The zero-order valence-corrected chi connectivity index (χ0v) is 17.9. The molecule has 1 fully saturated rings. The molecule has 0 atom stereocenters. The number of nitrogens with one attached hydrogen (secondary N) is 1. The summed E-state index contributed by atoms with van der Waals surface area (Å²) in [4.78, 5) is 15.1. The minimum absolute atomic E-state index is 0.0404. The molecule has 0 unspecified atom stereocenters. The molecule has 4 rings (SSSR count). The summed E-state index contributed by atoms with van der Waals surface area (Å²) >= 11 is 0. The lowest BCUT2D eigenvalue weighted by molar-refractivity contribution is 0.0951. The Morgan fingerprint density at radius 3 is 2.45 bits per heavy atom. The largest absolute Gasteiger partial charge is 0.352 e. The van der Waals surface area contributed by atoms with Crippen molar-refractivity contribution in [2.24, 2.45) is 0 Å². The van der Waals surface area contributed by atoms with Gasteiger partial charge in [-0.25, -0.2) is 0 Å². The third-order valence-corrected chi connectivity index (χ3v) is 6.51. The number of hydrogen-bond acceptors (Lipinski definition) is 2. The summed E-state index contributed by atoms with van der Waals surface area (Å²) in [5.74, 6) is 0.0404. The van der Waals surface area contributed by atoms with Crippen LogP contribution < -0.4 is 5.32 Å². The normalized spacial score (nSPS) is 17.6. The van der Waals surface area contributed by atoms with Crippen molar-refractivity contribution in [3.05, 3.63) is 52.8 Å². The topological polar surface area (TPSA) is 37.3 Å². The van der Waals surface area contributed by atoms with Crippen LogP contribution in [0.4, 0.5) is 0 Å². The molecule has 0 bridgehead atoms. The first-order valence-electron chi connectivity index (χ1n) is 11.5. The zero-order valence-electron chi connectivity index (χ0n) is 17.9. The van der Waals surface area contributed by atoms with Crippen molar-refractivity contribution in [3.8, 4) is 5.69 Å². The molecule has 1 aliphatic carbocycles. The second kappa shape index (κ2) is 9.62. The van der Waals surface area contributed by atoms with Crippen LogP contribution in [0.5, 0.6) is 0 Å². The highest BCUT2D eigenvalue weighted by Crippen LogP contribution is 2.28. The van der Waals surface area contributed by atoms with Gasteiger partial charge in [-0.2, -0.15) is 0 Å². The number of likely N-dealkylation sites (tertiary alicyclic amines) is 1. The van der Waals surface area contributed by atoms with Gasteiger partial charge in [0.15, 0.2) is 0 Å². The number of carbonyl (C=O) groups is 1. The SMILES string of the molecule is Cc1cc2c(n1-c1ccc(C(=O)NCCCN3CCCCCC3)cc1)CCCC2. The smallest absolute Gasteiger partial charge is 0.251 e. The maximum absolute atomic E-state index is 12.5. The number of hydrogen-bond donors (Lipinski definition) is 1. The lowest BCUT2D eigenvalue weighted by Crippen LogP contribution is -2.30. The van der Waals surface area contributed by atoms with E-state index in [9.17, 15) is 4.79 Å². The number of fused-ring (bicyclic) bond motifs is 1. The molecule has 2 aliphatic rings. The van der Waals surface area contributed by atoms with E-state index >= 15 is 0 Å². The first kappa shape index (κ1) is 20.2. The molecule has 0 saturated carbocycles.